The molecule has 1 unspecified atom stereocenters. The summed E-state index contributed by atoms with van der Waals surface area (Å²) in [4.78, 5) is 43.5. The van der Waals surface area contributed by atoms with Crippen molar-refractivity contribution in [1.29, 1.82) is 0 Å². The van der Waals surface area contributed by atoms with Gasteiger partial charge < -0.3 is 23.8 Å². The summed E-state index contributed by atoms with van der Waals surface area (Å²) in [5, 5.41) is 0. The number of carbonyl (C=O) groups excluding carboxylic acids is 3. The molecule has 2 heterocycles. The van der Waals surface area contributed by atoms with Gasteiger partial charge in [0.25, 0.3) is 5.91 Å². The van der Waals surface area contributed by atoms with Crippen LogP contribution in [-0.2, 0) is 37.0 Å². The molecule has 3 aromatic carbocycles. The first-order valence-corrected chi connectivity index (χ1v) is 15.0. The first-order chi connectivity index (χ1) is 21.0. The van der Waals surface area contributed by atoms with E-state index in [1.165, 1.54) is 0 Å². The Labute approximate surface area is 258 Å². The van der Waals surface area contributed by atoms with Crippen LogP contribution in [0.25, 0.3) is 0 Å². The van der Waals surface area contributed by atoms with Crippen LogP contribution in [0.2, 0.25) is 0 Å². The smallest absolute Gasteiger partial charge is 0.412 e. The molecule has 232 valence electrons. The number of rotatable bonds is 10. The van der Waals surface area contributed by atoms with Gasteiger partial charge in [-0.05, 0) is 51.0 Å². The zero-order valence-electron chi connectivity index (χ0n) is 25.7. The van der Waals surface area contributed by atoms with Gasteiger partial charge in [-0.1, -0.05) is 78.9 Å². The topological polar surface area (TPSA) is 94.6 Å². The van der Waals surface area contributed by atoms with Crippen LogP contribution in [0, 0.1) is 0 Å². The monoisotopic (exact) mass is 600 g/mol. The van der Waals surface area contributed by atoms with Crippen LogP contribution in [0.5, 0.6) is 5.75 Å². The zero-order chi connectivity index (χ0) is 31.3. The number of hydrogen-bond donors (Lipinski definition) is 0. The van der Waals surface area contributed by atoms with Crippen molar-refractivity contribution in [2.45, 2.75) is 83.2 Å². The number of para-hydroxylation sites is 1. The van der Waals surface area contributed by atoms with E-state index in [0.717, 1.165) is 11.1 Å². The van der Waals surface area contributed by atoms with E-state index in [9.17, 15) is 14.4 Å². The van der Waals surface area contributed by atoms with E-state index in [2.05, 4.69) is 0 Å². The third-order valence-corrected chi connectivity index (χ3v) is 7.82. The highest BCUT2D eigenvalue weighted by atomic mass is 16.6. The molecule has 3 aromatic rings. The van der Waals surface area contributed by atoms with Crippen molar-refractivity contribution in [2.24, 2.45) is 0 Å². The summed E-state index contributed by atoms with van der Waals surface area (Å²) >= 11 is 0. The number of ether oxygens (including phenoxy) is 4. The minimum Gasteiger partial charge on any atom is -0.478 e. The lowest BCUT2D eigenvalue weighted by Gasteiger charge is -2.51. The Bertz CT molecular complexity index is 1380. The maximum absolute atomic E-state index is 13.9. The second kappa shape index (κ2) is 13.1. The Balaban J connectivity index is 1.39. The number of β-lactam (4-membered cyclic amide) rings is 1. The Kier molecular flexibility index (Phi) is 9.25. The van der Waals surface area contributed by atoms with Crippen LogP contribution in [0.15, 0.2) is 91.0 Å². The Hall–Kier alpha value is -4.37. The minimum absolute atomic E-state index is 0.0244. The predicted octanol–water partition coefficient (Wildman–Crippen LogP) is 5.72. The van der Waals surface area contributed by atoms with E-state index in [0.29, 0.717) is 12.3 Å². The molecule has 9 nitrogen and oxygen atoms in total. The number of hydrogen-bond acceptors (Lipinski definition) is 7. The largest absolute Gasteiger partial charge is 0.478 e. The molecule has 0 spiro atoms. The fraction of sp³-hybridized carbons (Fsp3) is 0.400. The molecule has 2 fully saturated rings. The van der Waals surface area contributed by atoms with Gasteiger partial charge >= 0.3 is 12.1 Å². The quantitative estimate of drug-likeness (QED) is 0.217. The standard InChI is InChI=1S/C35H40N2O7/c1-34(2,3)44-33(40)37-28(24-42-35(37,4)21-20-29(38)41-23-26-16-10-6-11-17-26)30-31(43-27-18-12-7-13-19-27)32(39)36(30)22-25-14-8-5-9-15-25/h5-19,28,30-31H,20-24H2,1-4H3/t28-,30-,31+,35?/m0/s1. The summed E-state index contributed by atoms with van der Waals surface area (Å²) in [5.41, 5.74) is -0.126. The number of nitrogens with zero attached hydrogens (tertiary/aromatic N) is 2. The van der Waals surface area contributed by atoms with Gasteiger partial charge in [-0.2, -0.15) is 0 Å². The Morgan fingerprint density at radius 1 is 0.909 bits per heavy atom. The molecule has 0 bridgehead atoms. The second-order valence-electron chi connectivity index (χ2n) is 12.3. The number of benzene rings is 3. The molecule has 0 saturated carbocycles. The van der Waals surface area contributed by atoms with E-state index in [-0.39, 0.29) is 32.0 Å². The van der Waals surface area contributed by atoms with Crippen molar-refractivity contribution in [1.82, 2.24) is 9.80 Å². The highest BCUT2D eigenvalue weighted by molar-refractivity contribution is 5.89. The van der Waals surface area contributed by atoms with Gasteiger partial charge in [-0.15, -0.1) is 0 Å². The number of amides is 2. The Morgan fingerprint density at radius 2 is 1.50 bits per heavy atom. The van der Waals surface area contributed by atoms with E-state index in [4.69, 9.17) is 18.9 Å². The van der Waals surface area contributed by atoms with Crippen molar-refractivity contribution in [3.63, 3.8) is 0 Å². The van der Waals surface area contributed by atoms with Gasteiger partial charge in [0.05, 0.1) is 19.1 Å². The molecular weight excluding hydrogens is 560 g/mol. The third kappa shape index (κ3) is 7.22. The van der Waals surface area contributed by atoms with Crippen LogP contribution in [0.1, 0.15) is 51.7 Å². The first kappa shape index (κ1) is 31.1. The van der Waals surface area contributed by atoms with Crippen molar-refractivity contribution in [3.05, 3.63) is 102 Å². The molecule has 5 rings (SSSR count). The first-order valence-electron chi connectivity index (χ1n) is 15.0. The Morgan fingerprint density at radius 3 is 2.11 bits per heavy atom. The second-order valence-corrected chi connectivity index (χ2v) is 12.3. The van der Waals surface area contributed by atoms with Gasteiger partial charge in [0.2, 0.25) is 0 Å². The molecule has 0 radical (unpaired) electrons. The number of carbonyl (C=O) groups is 3. The summed E-state index contributed by atoms with van der Waals surface area (Å²) in [5.74, 6) is -0.0205. The fourth-order valence-electron chi connectivity index (χ4n) is 5.66. The lowest BCUT2D eigenvalue weighted by Crippen LogP contribution is -2.73. The van der Waals surface area contributed by atoms with E-state index in [1.807, 2.05) is 78.9 Å². The summed E-state index contributed by atoms with van der Waals surface area (Å²) in [7, 11) is 0. The maximum atomic E-state index is 13.9. The molecule has 2 aliphatic heterocycles. The van der Waals surface area contributed by atoms with Gasteiger partial charge in [0.1, 0.15) is 29.7 Å². The number of esters is 1. The molecule has 0 aromatic heterocycles. The van der Waals surface area contributed by atoms with E-state index in [1.54, 1.807) is 49.6 Å². The van der Waals surface area contributed by atoms with Crippen LogP contribution >= 0.6 is 0 Å². The molecular formula is C35H40N2O7. The zero-order valence-corrected chi connectivity index (χ0v) is 25.7. The van der Waals surface area contributed by atoms with Crippen molar-refractivity contribution >= 4 is 18.0 Å². The van der Waals surface area contributed by atoms with Crippen LogP contribution in [0.4, 0.5) is 4.79 Å². The van der Waals surface area contributed by atoms with Crippen molar-refractivity contribution in [3.8, 4) is 5.75 Å². The van der Waals surface area contributed by atoms with Gasteiger partial charge in [0, 0.05) is 13.0 Å². The summed E-state index contributed by atoms with van der Waals surface area (Å²) in [6, 6.07) is 27.2. The SMILES string of the molecule is CC(C)(C)OC(=O)N1[C@H]([C@H]2[C@@H](Oc3ccccc3)C(=O)N2Cc2ccccc2)COC1(C)CCC(=O)OCc1ccccc1. The maximum Gasteiger partial charge on any atom is 0.412 e. The summed E-state index contributed by atoms with van der Waals surface area (Å²) in [6.07, 6.45) is -1.22. The van der Waals surface area contributed by atoms with Crippen LogP contribution < -0.4 is 4.74 Å². The highest BCUT2D eigenvalue weighted by Crippen LogP contribution is 2.41. The number of likely N-dealkylation sites (tertiary alicyclic amines) is 1. The lowest BCUT2D eigenvalue weighted by atomic mass is 9.88. The predicted molar refractivity (Wildman–Crippen MR) is 163 cm³/mol. The molecule has 0 aliphatic carbocycles. The molecule has 0 N–H and O–H groups in total. The van der Waals surface area contributed by atoms with Crippen molar-refractivity contribution in [2.75, 3.05) is 6.61 Å². The lowest BCUT2D eigenvalue weighted by molar-refractivity contribution is -0.170. The molecule has 2 aliphatic rings. The minimum atomic E-state index is -1.19. The summed E-state index contributed by atoms with van der Waals surface area (Å²) in [6.45, 7) is 7.80. The van der Waals surface area contributed by atoms with Gasteiger partial charge in [0.15, 0.2) is 6.10 Å². The third-order valence-electron chi connectivity index (χ3n) is 7.82. The molecule has 4 atom stereocenters. The van der Waals surface area contributed by atoms with Crippen molar-refractivity contribution < 1.29 is 33.3 Å². The van der Waals surface area contributed by atoms with Gasteiger partial charge in [-0.3, -0.25) is 14.5 Å². The molecule has 2 saturated heterocycles. The van der Waals surface area contributed by atoms with Crippen LogP contribution in [0.3, 0.4) is 0 Å². The van der Waals surface area contributed by atoms with E-state index >= 15 is 0 Å². The molecule has 44 heavy (non-hydrogen) atoms. The fourth-order valence-corrected chi connectivity index (χ4v) is 5.66. The summed E-state index contributed by atoms with van der Waals surface area (Å²) < 4.78 is 23.9. The average Bonchev–Trinajstić information content (AvgIpc) is 3.35. The average molecular weight is 601 g/mol. The van der Waals surface area contributed by atoms with Gasteiger partial charge in [-0.25, -0.2) is 4.79 Å². The van der Waals surface area contributed by atoms with E-state index < -0.39 is 41.6 Å². The molecule has 2 amide bonds. The molecule has 9 heteroatoms. The van der Waals surface area contributed by atoms with Crippen LogP contribution in [-0.4, -0.2) is 63.9 Å². The normalized spacial score (nSPS) is 23.2. The highest BCUT2D eigenvalue weighted by Gasteiger charge is 2.61.